The second kappa shape index (κ2) is 17.3. The Hall–Kier alpha value is -2.71. The van der Waals surface area contributed by atoms with Crippen LogP contribution in [0.4, 0.5) is 15.1 Å². The molecule has 0 atom stereocenters. The number of halogens is 1. The Balaban J connectivity index is 0.000000474. The minimum atomic E-state index is -0.625. The summed E-state index contributed by atoms with van der Waals surface area (Å²) in [5, 5.41) is 9.63. The minimum absolute atomic E-state index is 0.0868. The van der Waals surface area contributed by atoms with Crippen LogP contribution in [0.2, 0.25) is 0 Å². The third kappa shape index (κ3) is 13.7. The fourth-order valence-electron chi connectivity index (χ4n) is 2.65. The van der Waals surface area contributed by atoms with E-state index >= 15 is 0 Å². The Kier molecular flexibility index (Phi) is 15.3. The second-order valence-corrected chi connectivity index (χ2v) is 12.9. The molecule has 228 valence electrons. The van der Waals surface area contributed by atoms with Crippen LogP contribution < -0.4 is 10.6 Å². The van der Waals surface area contributed by atoms with Crippen molar-refractivity contribution in [2.45, 2.75) is 73.8 Å². The van der Waals surface area contributed by atoms with Crippen molar-refractivity contribution >= 4 is 78.3 Å². The van der Waals surface area contributed by atoms with Crippen LogP contribution in [-0.2, 0) is 14.3 Å². The SMILES string of the molecule is CC(C)C(=O)Nc1nc(C(=O)CBr)cs1.CCCCN(CC(=O)c1csc(NC(=O)C(C)C)n1)C(=O)OC(C)(C)C. The number of amides is 3. The van der Waals surface area contributed by atoms with Gasteiger partial charge < -0.3 is 20.3 Å². The van der Waals surface area contributed by atoms with Gasteiger partial charge in [-0.15, -0.1) is 22.7 Å². The fourth-order valence-corrected chi connectivity index (χ4v) is 4.37. The Morgan fingerprint density at radius 2 is 1.37 bits per heavy atom. The Bertz CT molecular complexity index is 1190. The van der Waals surface area contributed by atoms with Gasteiger partial charge >= 0.3 is 6.09 Å². The number of carbonyl (C=O) groups excluding carboxylic acids is 5. The molecule has 0 aliphatic carbocycles. The van der Waals surface area contributed by atoms with E-state index in [1.165, 1.54) is 27.6 Å². The summed E-state index contributed by atoms with van der Waals surface area (Å²) in [5.74, 6) is -0.887. The molecule has 0 aromatic carbocycles. The molecule has 0 bridgehead atoms. The Morgan fingerprint density at radius 3 is 1.76 bits per heavy atom. The van der Waals surface area contributed by atoms with E-state index in [1.807, 2.05) is 6.92 Å². The van der Waals surface area contributed by atoms with E-state index in [2.05, 4.69) is 36.5 Å². The molecule has 2 N–H and O–H groups in total. The fraction of sp³-hybridized carbons (Fsp3) is 0.593. The lowest BCUT2D eigenvalue weighted by atomic mass is 10.2. The quantitative estimate of drug-likeness (QED) is 0.198. The number of hydrogen-bond donors (Lipinski definition) is 2. The first-order valence-corrected chi connectivity index (χ1v) is 16.1. The first-order valence-electron chi connectivity index (χ1n) is 13.2. The molecule has 3 amide bonds. The van der Waals surface area contributed by atoms with Crippen LogP contribution in [0.25, 0.3) is 0 Å². The molecule has 41 heavy (non-hydrogen) atoms. The van der Waals surface area contributed by atoms with Gasteiger partial charge in [0.25, 0.3) is 0 Å². The molecule has 0 saturated heterocycles. The number of nitrogens with one attached hydrogen (secondary N) is 2. The molecule has 2 aromatic rings. The Labute approximate surface area is 258 Å². The maximum absolute atomic E-state index is 12.5. The van der Waals surface area contributed by atoms with Crippen LogP contribution in [-0.4, -0.2) is 68.4 Å². The number of ketones is 2. The molecule has 2 rings (SSSR count). The summed E-state index contributed by atoms with van der Waals surface area (Å²) >= 11 is 5.51. The molecule has 2 heterocycles. The second-order valence-electron chi connectivity index (χ2n) is 10.6. The summed E-state index contributed by atoms with van der Waals surface area (Å²) < 4.78 is 5.38. The predicted molar refractivity (Wildman–Crippen MR) is 166 cm³/mol. The van der Waals surface area contributed by atoms with E-state index in [-0.39, 0.29) is 52.8 Å². The van der Waals surface area contributed by atoms with Crippen LogP contribution in [0.5, 0.6) is 0 Å². The highest BCUT2D eigenvalue weighted by molar-refractivity contribution is 9.09. The Morgan fingerprint density at radius 1 is 0.902 bits per heavy atom. The average molecular weight is 675 g/mol. The number of alkyl halides is 1. The van der Waals surface area contributed by atoms with E-state index in [1.54, 1.807) is 59.2 Å². The molecular formula is C27H40BrN5O6S2. The zero-order valence-electron chi connectivity index (χ0n) is 24.8. The zero-order valence-corrected chi connectivity index (χ0v) is 28.0. The largest absolute Gasteiger partial charge is 0.444 e. The van der Waals surface area contributed by atoms with Crippen molar-refractivity contribution in [3.8, 4) is 0 Å². The van der Waals surface area contributed by atoms with Gasteiger partial charge in [-0.25, -0.2) is 14.8 Å². The van der Waals surface area contributed by atoms with Gasteiger partial charge in [0.05, 0.1) is 11.9 Å². The average Bonchev–Trinajstić information content (AvgIpc) is 3.55. The molecule has 0 fully saturated rings. The standard InChI is InChI=1S/C18H29N3O4S.C9H11BrN2O2S/c1-7-8-9-21(17(24)25-18(4,5)6)10-14(22)13-11-26-16(19-13)20-15(23)12(2)3;1-5(2)8(14)12-9-11-6(4-15-9)7(13)3-10/h11-12H,7-10H2,1-6H3,(H,19,20,23);4-5H,3H2,1-2H3,(H,11,12,14). The third-order valence-electron chi connectivity index (χ3n) is 4.98. The van der Waals surface area contributed by atoms with Gasteiger partial charge in [0.2, 0.25) is 17.6 Å². The molecule has 14 heteroatoms. The van der Waals surface area contributed by atoms with Crippen molar-refractivity contribution in [2.24, 2.45) is 11.8 Å². The predicted octanol–water partition coefficient (Wildman–Crippen LogP) is 6.27. The maximum atomic E-state index is 12.5. The number of Topliss-reactive ketones (excluding diaryl/α,β-unsaturated/α-hetero) is 2. The van der Waals surface area contributed by atoms with Gasteiger partial charge in [-0.3, -0.25) is 19.2 Å². The highest BCUT2D eigenvalue weighted by atomic mass is 79.9. The number of hydrogen-bond acceptors (Lipinski definition) is 10. The van der Waals surface area contributed by atoms with Crippen molar-refractivity contribution in [3.05, 3.63) is 22.1 Å². The van der Waals surface area contributed by atoms with Crippen LogP contribution in [0.1, 0.15) is 89.2 Å². The molecule has 11 nitrogen and oxygen atoms in total. The van der Waals surface area contributed by atoms with Crippen molar-refractivity contribution in [3.63, 3.8) is 0 Å². The number of unbranched alkanes of at least 4 members (excludes halogenated alkanes) is 1. The van der Waals surface area contributed by atoms with Gasteiger partial charge in [0.15, 0.2) is 16.0 Å². The van der Waals surface area contributed by atoms with Crippen molar-refractivity contribution in [1.29, 1.82) is 0 Å². The lowest BCUT2D eigenvalue weighted by Crippen LogP contribution is -2.40. The molecule has 0 aliphatic rings. The number of anilines is 2. The van der Waals surface area contributed by atoms with Gasteiger partial charge in [-0.1, -0.05) is 57.0 Å². The minimum Gasteiger partial charge on any atom is -0.444 e. The summed E-state index contributed by atoms with van der Waals surface area (Å²) in [6.45, 7) is 14.9. The van der Waals surface area contributed by atoms with E-state index in [0.29, 0.717) is 22.5 Å². The van der Waals surface area contributed by atoms with Crippen molar-refractivity contribution in [2.75, 3.05) is 29.1 Å². The highest BCUT2D eigenvalue weighted by Crippen LogP contribution is 2.19. The van der Waals surface area contributed by atoms with Gasteiger partial charge in [0, 0.05) is 29.1 Å². The summed E-state index contributed by atoms with van der Waals surface area (Å²) in [7, 11) is 0. The molecule has 2 aromatic heterocycles. The van der Waals surface area contributed by atoms with Crippen LogP contribution in [0.3, 0.4) is 0 Å². The lowest BCUT2D eigenvalue weighted by Gasteiger charge is -2.26. The third-order valence-corrected chi connectivity index (χ3v) is 7.00. The number of thiazole rings is 2. The van der Waals surface area contributed by atoms with Gasteiger partial charge in [-0.05, 0) is 27.2 Å². The molecular weight excluding hydrogens is 634 g/mol. The monoisotopic (exact) mass is 673 g/mol. The molecule has 0 spiro atoms. The number of nitrogens with zero attached hydrogens (tertiary/aromatic N) is 3. The number of ether oxygens (including phenoxy) is 1. The topological polar surface area (TPSA) is 148 Å². The van der Waals surface area contributed by atoms with E-state index in [9.17, 15) is 24.0 Å². The van der Waals surface area contributed by atoms with Crippen molar-refractivity contribution < 1.29 is 28.7 Å². The molecule has 0 saturated carbocycles. The molecule has 0 unspecified atom stereocenters. The summed E-state index contributed by atoms with van der Waals surface area (Å²) in [5.41, 5.74) is -0.00506. The normalized spacial score (nSPS) is 11.0. The highest BCUT2D eigenvalue weighted by Gasteiger charge is 2.25. The van der Waals surface area contributed by atoms with Gasteiger partial charge in [0.1, 0.15) is 17.0 Å². The van der Waals surface area contributed by atoms with Crippen molar-refractivity contribution in [1.82, 2.24) is 14.9 Å². The van der Waals surface area contributed by atoms with Crippen LogP contribution in [0.15, 0.2) is 10.8 Å². The van der Waals surface area contributed by atoms with E-state index in [0.717, 1.165) is 12.8 Å². The molecule has 0 radical (unpaired) electrons. The number of rotatable bonds is 12. The van der Waals surface area contributed by atoms with Crippen LogP contribution in [0, 0.1) is 11.8 Å². The maximum Gasteiger partial charge on any atom is 0.410 e. The zero-order chi connectivity index (χ0) is 31.3. The van der Waals surface area contributed by atoms with E-state index in [4.69, 9.17) is 4.74 Å². The van der Waals surface area contributed by atoms with Gasteiger partial charge in [-0.2, -0.15) is 0 Å². The summed E-state index contributed by atoms with van der Waals surface area (Å²) in [4.78, 5) is 68.7. The lowest BCUT2D eigenvalue weighted by molar-refractivity contribution is -0.119. The summed E-state index contributed by atoms with van der Waals surface area (Å²) in [6.07, 6.45) is 1.16. The first kappa shape index (κ1) is 36.3. The number of aromatic nitrogens is 2. The summed E-state index contributed by atoms with van der Waals surface area (Å²) in [6, 6.07) is 0. The smallest absolute Gasteiger partial charge is 0.410 e. The first-order chi connectivity index (χ1) is 19.1. The van der Waals surface area contributed by atoms with Crippen LogP contribution >= 0.6 is 38.6 Å². The van der Waals surface area contributed by atoms with E-state index < -0.39 is 11.7 Å². The number of carbonyl (C=O) groups is 5. The molecule has 0 aliphatic heterocycles.